The van der Waals surface area contributed by atoms with Crippen LogP contribution in [0.1, 0.15) is 31.4 Å². The SMILES string of the molecule is Cc1cc2n(n1)CCC(=O)N2CC(=O)N1CCCCC1. The first kappa shape index (κ1) is 13.1. The predicted octanol–water partition coefficient (Wildman–Crippen LogP) is 0.941. The fourth-order valence-corrected chi connectivity index (χ4v) is 2.93. The highest BCUT2D eigenvalue weighted by Gasteiger charge is 2.29. The molecule has 0 saturated carbocycles. The van der Waals surface area contributed by atoms with E-state index in [1.165, 1.54) is 6.42 Å². The van der Waals surface area contributed by atoms with Crippen molar-refractivity contribution in [2.75, 3.05) is 24.5 Å². The Morgan fingerprint density at radius 3 is 2.75 bits per heavy atom. The van der Waals surface area contributed by atoms with Gasteiger partial charge < -0.3 is 4.90 Å². The van der Waals surface area contributed by atoms with Crippen molar-refractivity contribution in [2.24, 2.45) is 0 Å². The number of piperidine rings is 1. The Hall–Kier alpha value is -1.85. The molecule has 1 saturated heterocycles. The Morgan fingerprint density at radius 2 is 2.00 bits per heavy atom. The van der Waals surface area contributed by atoms with Crippen LogP contribution in [-0.4, -0.2) is 46.1 Å². The molecule has 0 aliphatic carbocycles. The lowest BCUT2D eigenvalue weighted by atomic mass is 10.1. The van der Waals surface area contributed by atoms with Crippen LogP contribution in [-0.2, 0) is 16.1 Å². The molecular weight excluding hydrogens is 256 g/mol. The zero-order valence-corrected chi connectivity index (χ0v) is 11.8. The van der Waals surface area contributed by atoms with Gasteiger partial charge in [0.1, 0.15) is 12.4 Å². The molecule has 0 spiro atoms. The third-order valence-electron chi connectivity index (χ3n) is 4.00. The number of fused-ring (bicyclic) bond motifs is 1. The molecule has 108 valence electrons. The minimum atomic E-state index is 0.0164. The van der Waals surface area contributed by atoms with Gasteiger partial charge in [0, 0.05) is 25.6 Å². The van der Waals surface area contributed by atoms with E-state index in [-0.39, 0.29) is 18.4 Å². The Bertz CT molecular complexity index is 531. The van der Waals surface area contributed by atoms with Gasteiger partial charge in [0.25, 0.3) is 0 Å². The van der Waals surface area contributed by atoms with Crippen molar-refractivity contribution in [3.8, 4) is 0 Å². The van der Waals surface area contributed by atoms with Crippen molar-refractivity contribution in [1.29, 1.82) is 0 Å². The smallest absolute Gasteiger partial charge is 0.242 e. The van der Waals surface area contributed by atoms with Gasteiger partial charge in [0.2, 0.25) is 11.8 Å². The summed E-state index contributed by atoms with van der Waals surface area (Å²) in [5.41, 5.74) is 0.880. The summed E-state index contributed by atoms with van der Waals surface area (Å²) in [7, 11) is 0. The van der Waals surface area contributed by atoms with Gasteiger partial charge in [0.15, 0.2) is 0 Å². The lowest BCUT2D eigenvalue weighted by Gasteiger charge is -2.31. The van der Waals surface area contributed by atoms with E-state index in [0.29, 0.717) is 13.0 Å². The average Bonchev–Trinajstić information content (AvgIpc) is 2.84. The van der Waals surface area contributed by atoms with Gasteiger partial charge in [-0.3, -0.25) is 14.5 Å². The molecule has 1 aromatic heterocycles. The van der Waals surface area contributed by atoms with Crippen LogP contribution in [0.5, 0.6) is 0 Å². The quantitative estimate of drug-likeness (QED) is 0.808. The third-order valence-corrected chi connectivity index (χ3v) is 4.00. The molecule has 0 aromatic carbocycles. The normalized spacial score (nSPS) is 19.1. The third kappa shape index (κ3) is 2.42. The monoisotopic (exact) mass is 276 g/mol. The fraction of sp³-hybridized carbons (Fsp3) is 0.643. The summed E-state index contributed by atoms with van der Waals surface area (Å²) < 4.78 is 1.82. The highest BCUT2D eigenvalue weighted by Crippen LogP contribution is 2.22. The number of hydrogen-bond donors (Lipinski definition) is 0. The van der Waals surface area contributed by atoms with Crippen LogP contribution in [0.25, 0.3) is 0 Å². The Labute approximate surface area is 118 Å². The van der Waals surface area contributed by atoms with Crippen molar-refractivity contribution in [3.63, 3.8) is 0 Å². The molecule has 2 aliphatic heterocycles. The van der Waals surface area contributed by atoms with E-state index in [1.807, 2.05) is 22.6 Å². The van der Waals surface area contributed by atoms with E-state index in [9.17, 15) is 9.59 Å². The zero-order valence-electron chi connectivity index (χ0n) is 11.8. The van der Waals surface area contributed by atoms with Crippen LogP contribution in [0.15, 0.2) is 6.07 Å². The first-order valence-electron chi connectivity index (χ1n) is 7.28. The van der Waals surface area contributed by atoms with E-state index >= 15 is 0 Å². The molecule has 0 unspecified atom stereocenters. The Balaban J connectivity index is 1.75. The second-order valence-electron chi connectivity index (χ2n) is 5.54. The Kier molecular flexibility index (Phi) is 3.46. The van der Waals surface area contributed by atoms with Crippen LogP contribution < -0.4 is 4.90 Å². The van der Waals surface area contributed by atoms with Crippen molar-refractivity contribution < 1.29 is 9.59 Å². The van der Waals surface area contributed by atoms with E-state index in [4.69, 9.17) is 0 Å². The van der Waals surface area contributed by atoms with E-state index in [0.717, 1.165) is 37.4 Å². The van der Waals surface area contributed by atoms with Gasteiger partial charge in [-0.1, -0.05) is 0 Å². The molecule has 0 radical (unpaired) electrons. The molecule has 1 fully saturated rings. The van der Waals surface area contributed by atoms with Gasteiger partial charge in [-0.25, -0.2) is 4.68 Å². The van der Waals surface area contributed by atoms with Crippen LogP contribution in [0, 0.1) is 6.92 Å². The summed E-state index contributed by atoms with van der Waals surface area (Å²) in [5.74, 6) is 0.817. The van der Waals surface area contributed by atoms with E-state index < -0.39 is 0 Å². The summed E-state index contributed by atoms with van der Waals surface area (Å²) in [6, 6.07) is 1.88. The number of likely N-dealkylation sites (tertiary alicyclic amines) is 1. The molecular formula is C14H20N4O2. The summed E-state index contributed by atoms with van der Waals surface area (Å²) in [6.45, 7) is 4.29. The van der Waals surface area contributed by atoms with Crippen molar-refractivity contribution >= 4 is 17.6 Å². The molecule has 0 N–H and O–H groups in total. The lowest BCUT2D eigenvalue weighted by molar-refractivity contribution is -0.132. The molecule has 0 atom stereocenters. The largest absolute Gasteiger partial charge is 0.341 e. The number of carbonyl (C=O) groups is 2. The van der Waals surface area contributed by atoms with Crippen molar-refractivity contribution in [2.45, 2.75) is 39.2 Å². The van der Waals surface area contributed by atoms with E-state index in [1.54, 1.807) is 4.90 Å². The molecule has 1 aromatic rings. The number of hydrogen-bond acceptors (Lipinski definition) is 3. The zero-order chi connectivity index (χ0) is 14.1. The van der Waals surface area contributed by atoms with Gasteiger partial charge >= 0.3 is 0 Å². The van der Waals surface area contributed by atoms with Crippen LogP contribution in [0.2, 0.25) is 0 Å². The number of amides is 2. The summed E-state index contributed by atoms with van der Waals surface area (Å²) >= 11 is 0. The lowest BCUT2D eigenvalue weighted by Crippen LogP contribution is -2.47. The van der Waals surface area contributed by atoms with Gasteiger partial charge in [0.05, 0.1) is 12.2 Å². The molecule has 6 heteroatoms. The van der Waals surface area contributed by atoms with Gasteiger partial charge in [-0.15, -0.1) is 0 Å². The Morgan fingerprint density at radius 1 is 1.25 bits per heavy atom. The summed E-state index contributed by atoms with van der Waals surface area (Å²) in [4.78, 5) is 27.9. The first-order chi connectivity index (χ1) is 9.65. The first-order valence-corrected chi connectivity index (χ1v) is 7.28. The van der Waals surface area contributed by atoms with Crippen molar-refractivity contribution in [3.05, 3.63) is 11.8 Å². The number of carbonyl (C=O) groups excluding carboxylic acids is 2. The molecule has 2 aliphatic rings. The molecule has 6 nitrogen and oxygen atoms in total. The molecule has 2 amide bonds. The number of rotatable bonds is 2. The summed E-state index contributed by atoms with van der Waals surface area (Å²) in [6.07, 6.45) is 3.74. The maximum atomic E-state index is 12.3. The highest BCUT2D eigenvalue weighted by atomic mass is 16.2. The second-order valence-corrected chi connectivity index (χ2v) is 5.54. The number of nitrogens with zero attached hydrogens (tertiary/aromatic N) is 4. The maximum Gasteiger partial charge on any atom is 0.242 e. The second kappa shape index (κ2) is 5.26. The topological polar surface area (TPSA) is 58.4 Å². The van der Waals surface area contributed by atoms with Gasteiger partial charge in [-0.2, -0.15) is 5.10 Å². The van der Waals surface area contributed by atoms with Gasteiger partial charge in [-0.05, 0) is 26.2 Å². The number of aromatic nitrogens is 2. The molecule has 3 heterocycles. The number of anilines is 1. The minimum Gasteiger partial charge on any atom is -0.341 e. The van der Waals surface area contributed by atoms with E-state index in [2.05, 4.69) is 5.10 Å². The highest BCUT2D eigenvalue weighted by molar-refractivity contribution is 5.99. The summed E-state index contributed by atoms with van der Waals surface area (Å²) in [5, 5.41) is 4.35. The molecule has 20 heavy (non-hydrogen) atoms. The van der Waals surface area contributed by atoms with Crippen LogP contribution in [0.4, 0.5) is 5.82 Å². The van der Waals surface area contributed by atoms with Crippen LogP contribution >= 0.6 is 0 Å². The standard InChI is InChI=1S/C14H20N4O2/c1-11-9-12-17(13(19)5-8-18(12)15-11)10-14(20)16-6-3-2-4-7-16/h9H,2-8,10H2,1H3. The molecule has 3 rings (SSSR count). The average molecular weight is 276 g/mol. The number of aryl methyl sites for hydroxylation is 2. The van der Waals surface area contributed by atoms with Crippen molar-refractivity contribution in [1.82, 2.24) is 14.7 Å². The minimum absolute atomic E-state index is 0.0164. The maximum absolute atomic E-state index is 12.3. The molecule has 0 bridgehead atoms. The fourth-order valence-electron chi connectivity index (χ4n) is 2.93. The van der Waals surface area contributed by atoms with Crippen LogP contribution in [0.3, 0.4) is 0 Å². The predicted molar refractivity (Wildman–Crippen MR) is 74.4 cm³/mol.